The first kappa shape index (κ1) is 19.2. The largest absolute Gasteiger partial charge is 0.506 e. The molecule has 0 atom stereocenters. The first-order chi connectivity index (χ1) is 12.0. The Bertz CT molecular complexity index is 760. The molecule has 25 heavy (non-hydrogen) atoms. The van der Waals surface area contributed by atoms with Crippen LogP contribution in [-0.2, 0) is 6.54 Å². The normalized spacial score (nSPS) is 15.9. The van der Waals surface area contributed by atoms with Gasteiger partial charge in [-0.05, 0) is 75.0 Å². The number of nitrogens with zero attached hydrogens (tertiary/aromatic N) is 3. The summed E-state index contributed by atoms with van der Waals surface area (Å²) in [5.41, 5.74) is 2.04. The lowest BCUT2D eigenvalue weighted by atomic mass is 10.2. The van der Waals surface area contributed by atoms with Crippen LogP contribution in [0.3, 0.4) is 0 Å². The molecular formula is C18H18ClI2N3O. The van der Waals surface area contributed by atoms with Crippen LogP contribution in [0.2, 0.25) is 5.02 Å². The first-order valence-corrected chi connectivity index (χ1v) is 10.5. The number of halogens is 3. The SMILES string of the molecule is Oc1c(I)cc(I)cc1/C=N/N1CCN(Cc2ccc(Cl)cc2)CC1. The molecule has 1 saturated heterocycles. The van der Waals surface area contributed by atoms with E-state index in [2.05, 4.69) is 72.3 Å². The van der Waals surface area contributed by atoms with Crippen molar-refractivity contribution in [3.05, 3.63) is 59.7 Å². The van der Waals surface area contributed by atoms with Crippen molar-refractivity contribution in [2.45, 2.75) is 6.54 Å². The molecule has 132 valence electrons. The van der Waals surface area contributed by atoms with E-state index in [-0.39, 0.29) is 0 Å². The monoisotopic (exact) mass is 581 g/mol. The highest BCUT2D eigenvalue weighted by Gasteiger charge is 2.15. The summed E-state index contributed by atoms with van der Waals surface area (Å²) >= 11 is 10.3. The van der Waals surface area contributed by atoms with Gasteiger partial charge in [0, 0.05) is 46.9 Å². The lowest BCUT2D eigenvalue weighted by Gasteiger charge is -2.33. The summed E-state index contributed by atoms with van der Waals surface area (Å²) in [5.74, 6) is 0.297. The van der Waals surface area contributed by atoms with Gasteiger partial charge in [-0.3, -0.25) is 9.91 Å². The second-order valence-corrected chi connectivity index (χ2v) is 8.77. The number of hydrogen-bond donors (Lipinski definition) is 1. The maximum absolute atomic E-state index is 10.1. The van der Waals surface area contributed by atoms with Gasteiger partial charge >= 0.3 is 0 Å². The highest BCUT2D eigenvalue weighted by molar-refractivity contribution is 14.1. The minimum atomic E-state index is 0.297. The number of rotatable bonds is 4. The van der Waals surface area contributed by atoms with E-state index in [0.717, 1.165) is 50.5 Å². The fourth-order valence-electron chi connectivity index (χ4n) is 2.69. The topological polar surface area (TPSA) is 39.1 Å². The number of piperazine rings is 1. The third kappa shape index (κ3) is 5.45. The molecule has 0 bridgehead atoms. The Morgan fingerprint density at radius 3 is 2.44 bits per heavy atom. The van der Waals surface area contributed by atoms with E-state index in [1.54, 1.807) is 6.21 Å². The second-order valence-electron chi connectivity index (χ2n) is 5.93. The zero-order valence-corrected chi connectivity index (χ0v) is 18.6. The van der Waals surface area contributed by atoms with Crippen LogP contribution in [0.5, 0.6) is 5.75 Å². The fraction of sp³-hybridized carbons (Fsp3) is 0.278. The molecular weight excluding hydrogens is 563 g/mol. The van der Waals surface area contributed by atoms with Crippen molar-refractivity contribution in [3.8, 4) is 5.75 Å². The molecule has 2 aromatic carbocycles. The van der Waals surface area contributed by atoms with Gasteiger partial charge in [-0.2, -0.15) is 5.10 Å². The van der Waals surface area contributed by atoms with E-state index in [9.17, 15) is 5.11 Å². The van der Waals surface area contributed by atoms with Gasteiger partial charge in [-0.25, -0.2) is 0 Å². The van der Waals surface area contributed by atoms with Gasteiger partial charge in [0.05, 0.1) is 9.78 Å². The van der Waals surface area contributed by atoms with Crippen molar-refractivity contribution in [2.75, 3.05) is 26.2 Å². The molecule has 7 heteroatoms. The summed E-state index contributed by atoms with van der Waals surface area (Å²) in [4.78, 5) is 2.42. The summed E-state index contributed by atoms with van der Waals surface area (Å²) in [5, 5.41) is 17.5. The summed E-state index contributed by atoms with van der Waals surface area (Å²) in [6.45, 7) is 4.63. The van der Waals surface area contributed by atoms with Crippen LogP contribution < -0.4 is 0 Å². The molecule has 0 aromatic heterocycles. The fourth-order valence-corrected chi connectivity index (χ4v) is 4.70. The van der Waals surface area contributed by atoms with Crippen molar-refractivity contribution < 1.29 is 5.11 Å². The van der Waals surface area contributed by atoms with E-state index in [1.807, 2.05) is 24.3 Å². The number of benzene rings is 2. The highest BCUT2D eigenvalue weighted by Crippen LogP contribution is 2.25. The molecule has 1 aliphatic heterocycles. The minimum Gasteiger partial charge on any atom is -0.506 e. The Labute approximate surface area is 180 Å². The summed E-state index contributed by atoms with van der Waals surface area (Å²) in [6.07, 6.45) is 1.76. The van der Waals surface area contributed by atoms with Gasteiger partial charge in [0.2, 0.25) is 0 Å². The van der Waals surface area contributed by atoms with Crippen LogP contribution in [0.15, 0.2) is 41.5 Å². The zero-order chi connectivity index (χ0) is 17.8. The van der Waals surface area contributed by atoms with E-state index in [4.69, 9.17) is 11.6 Å². The van der Waals surface area contributed by atoms with Crippen molar-refractivity contribution in [1.82, 2.24) is 9.91 Å². The third-order valence-electron chi connectivity index (χ3n) is 4.09. The average Bonchev–Trinajstić information content (AvgIpc) is 2.60. The van der Waals surface area contributed by atoms with Crippen LogP contribution in [-0.4, -0.2) is 47.4 Å². The maximum Gasteiger partial charge on any atom is 0.137 e. The summed E-state index contributed by atoms with van der Waals surface area (Å²) in [6, 6.07) is 11.9. The number of aromatic hydroxyl groups is 1. The molecule has 0 unspecified atom stereocenters. The predicted octanol–water partition coefficient (Wildman–Crippen LogP) is 4.41. The van der Waals surface area contributed by atoms with Crippen LogP contribution in [0.25, 0.3) is 0 Å². The Morgan fingerprint density at radius 1 is 1.08 bits per heavy atom. The van der Waals surface area contributed by atoms with Crippen molar-refractivity contribution in [3.63, 3.8) is 0 Å². The van der Waals surface area contributed by atoms with Gasteiger partial charge in [-0.1, -0.05) is 23.7 Å². The van der Waals surface area contributed by atoms with Crippen LogP contribution in [0.1, 0.15) is 11.1 Å². The molecule has 2 aromatic rings. The summed E-state index contributed by atoms with van der Waals surface area (Å²) < 4.78 is 1.94. The predicted molar refractivity (Wildman–Crippen MR) is 119 cm³/mol. The minimum absolute atomic E-state index is 0.297. The van der Waals surface area contributed by atoms with Gasteiger partial charge in [0.25, 0.3) is 0 Å². The van der Waals surface area contributed by atoms with E-state index < -0.39 is 0 Å². The van der Waals surface area contributed by atoms with Gasteiger partial charge in [0.15, 0.2) is 0 Å². The lowest BCUT2D eigenvalue weighted by Crippen LogP contribution is -2.43. The standard InChI is InChI=1S/C18H18ClI2N3O/c19-15-3-1-13(2-4-15)12-23-5-7-24(8-6-23)22-11-14-9-16(20)10-17(21)18(14)25/h1-4,9-11,25H,5-8,12H2/b22-11+. The van der Waals surface area contributed by atoms with Crippen LogP contribution in [0.4, 0.5) is 0 Å². The van der Waals surface area contributed by atoms with Crippen molar-refractivity contribution in [2.24, 2.45) is 5.10 Å². The number of hydrazone groups is 1. The average molecular weight is 582 g/mol. The highest BCUT2D eigenvalue weighted by atomic mass is 127. The smallest absolute Gasteiger partial charge is 0.137 e. The van der Waals surface area contributed by atoms with Crippen molar-refractivity contribution in [1.29, 1.82) is 0 Å². The Balaban J connectivity index is 1.55. The molecule has 3 rings (SSSR count). The number of phenols is 1. The van der Waals surface area contributed by atoms with Crippen LogP contribution in [0, 0.1) is 7.14 Å². The van der Waals surface area contributed by atoms with Gasteiger partial charge < -0.3 is 5.11 Å². The quantitative estimate of drug-likeness (QED) is 0.430. The molecule has 4 nitrogen and oxygen atoms in total. The van der Waals surface area contributed by atoms with E-state index in [0.29, 0.717) is 5.75 Å². The number of phenolic OH excluding ortho intramolecular Hbond substituents is 1. The van der Waals surface area contributed by atoms with Crippen molar-refractivity contribution >= 4 is 63.0 Å². The van der Waals surface area contributed by atoms with E-state index >= 15 is 0 Å². The Kier molecular flexibility index (Phi) is 6.81. The molecule has 0 amide bonds. The molecule has 0 spiro atoms. The van der Waals surface area contributed by atoms with Gasteiger partial charge in [-0.15, -0.1) is 0 Å². The third-order valence-corrected chi connectivity index (χ3v) is 5.78. The van der Waals surface area contributed by atoms with Gasteiger partial charge in [0.1, 0.15) is 5.75 Å². The molecule has 1 N–H and O–H groups in total. The molecule has 1 fully saturated rings. The zero-order valence-electron chi connectivity index (χ0n) is 13.5. The van der Waals surface area contributed by atoms with Crippen LogP contribution >= 0.6 is 56.8 Å². The summed E-state index contributed by atoms with van der Waals surface area (Å²) in [7, 11) is 0. The Morgan fingerprint density at radius 2 is 1.76 bits per heavy atom. The molecule has 0 saturated carbocycles. The second kappa shape index (κ2) is 8.88. The molecule has 0 radical (unpaired) electrons. The lowest BCUT2D eigenvalue weighted by molar-refractivity contribution is 0.131. The Hall–Kier alpha value is -0.580. The number of hydrogen-bond acceptors (Lipinski definition) is 4. The maximum atomic E-state index is 10.1. The first-order valence-electron chi connectivity index (χ1n) is 7.95. The molecule has 1 heterocycles. The molecule has 1 aliphatic rings. The van der Waals surface area contributed by atoms with E-state index in [1.165, 1.54) is 5.56 Å². The molecule has 0 aliphatic carbocycles.